The molecule has 0 aromatic rings. The van der Waals surface area contributed by atoms with Crippen molar-refractivity contribution in [1.82, 2.24) is 0 Å². The first-order valence-electron chi connectivity index (χ1n) is 40.6. The number of allylic oxidation sites excluding steroid dienone is 4. The van der Waals surface area contributed by atoms with Crippen molar-refractivity contribution in [2.75, 3.05) is 39.6 Å². The minimum Gasteiger partial charge on any atom is -0.462 e. The minimum atomic E-state index is -4.96. The molecule has 0 saturated carbocycles. The van der Waals surface area contributed by atoms with Crippen molar-refractivity contribution in [2.24, 2.45) is 0 Å². The Morgan fingerprint density at radius 3 is 0.745 bits per heavy atom. The fraction of sp³-hybridized carbons (Fsp3) is 0.899. The Hall–Kier alpha value is -2.46. The van der Waals surface area contributed by atoms with Gasteiger partial charge in [-0.05, 0) is 51.4 Å². The van der Waals surface area contributed by atoms with Crippen LogP contribution >= 0.6 is 15.6 Å². The Morgan fingerprint density at radius 2 is 0.490 bits per heavy atom. The van der Waals surface area contributed by atoms with Gasteiger partial charge in [-0.3, -0.25) is 37.3 Å². The molecule has 0 rings (SSSR count). The van der Waals surface area contributed by atoms with Crippen LogP contribution in [0, 0.1) is 0 Å². The highest BCUT2D eigenvalue weighted by molar-refractivity contribution is 7.47. The van der Waals surface area contributed by atoms with E-state index in [1.54, 1.807) is 0 Å². The lowest BCUT2D eigenvalue weighted by atomic mass is 10.0. The summed E-state index contributed by atoms with van der Waals surface area (Å²) in [7, 11) is -9.92. The number of phosphoric ester groups is 2. The summed E-state index contributed by atoms with van der Waals surface area (Å²) in [5.74, 6) is -2.14. The van der Waals surface area contributed by atoms with E-state index < -0.39 is 97.5 Å². The van der Waals surface area contributed by atoms with Crippen molar-refractivity contribution in [3.05, 3.63) is 24.3 Å². The van der Waals surface area contributed by atoms with E-state index >= 15 is 0 Å². The van der Waals surface area contributed by atoms with Crippen LogP contribution in [-0.2, 0) is 65.4 Å². The number of carbonyl (C=O) groups excluding carboxylic acids is 4. The van der Waals surface area contributed by atoms with Crippen LogP contribution in [0.1, 0.15) is 400 Å². The topological polar surface area (TPSA) is 237 Å². The molecule has 0 aromatic carbocycles. The lowest BCUT2D eigenvalue weighted by molar-refractivity contribution is -0.161. The van der Waals surface area contributed by atoms with Gasteiger partial charge in [0.05, 0.1) is 26.4 Å². The smallest absolute Gasteiger partial charge is 0.462 e. The molecular formula is C79H150O17P2. The predicted molar refractivity (Wildman–Crippen MR) is 400 cm³/mol. The lowest BCUT2D eigenvalue weighted by Crippen LogP contribution is -2.30. The van der Waals surface area contributed by atoms with E-state index in [0.717, 1.165) is 109 Å². The molecule has 0 fully saturated rings. The normalized spacial score (nSPS) is 14.0. The van der Waals surface area contributed by atoms with Crippen LogP contribution < -0.4 is 0 Å². The van der Waals surface area contributed by atoms with Crippen LogP contribution in [0.2, 0.25) is 0 Å². The number of ether oxygens (including phenoxy) is 4. The van der Waals surface area contributed by atoms with E-state index in [9.17, 15) is 43.2 Å². The molecule has 0 heterocycles. The first kappa shape index (κ1) is 95.5. The number of unbranched alkanes of at least 4 members (excludes halogenated alkanes) is 49. The van der Waals surface area contributed by atoms with E-state index in [1.165, 1.54) is 212 Å². The zero-order valence-electron chi connectivity index (χ0n) is 63.2. The third-order valence-electron chi connectivity index (χ3n) is 18.0. The Labute approximate surface area is 599 Å². The van der Waals surface area contributed by atoms with Crippen LogP contribution in [0.15, 0.2) is 24.3 Å². The molecule has 2 unspecified atom stereocenters. The fourth-order valence-corrected chi connectivity index (χ4v) is 13.3. The van der Waals surface area contributed by atoms with E-state index in [1.807, 2.05) is 0 Å². The van der Waals surface area contributed by atoms with Crippen LogP contribution in [0.25, 0.3) is 0 Å². The predicted octanol–water partition coefficient (Wildman–Crippen LogP) is 23.3. The summed E-state index contributed by atoms with van der Waals surface area (Å²) in [4.78, 5) is 72.8. The molecule has 0 aromatic heterocycles. The largest absolute Gasteiger partial charge is 0.472 e. The lowest BCUT2D eigenvalue weighted by Gasteiger charge is -2.21. The fourth-order valence-electron chi connectivity index (χ4n) is 11.7. The second-order valence-electron chi connectivity index (χ2n) is 27.8. The van der Waals surface area contributed by atoms with Gasteiger partial charge < -0.3 is 33.8 Å². The molecule has 19 heteroatoms. The zero-order valence-corrected chi connectivity index (χ0v) is 65.0. The molecule has 0 saturated heterocycles. The van der Waals surface area contributed by atoms with E-state index in [-0.39, 0.29) is 25.7 Å². The molecular weight excluding hydrogens is 1280 g/mol. The third-order valence-corrected chi connectivity index (χ3v) is 19.9. The quantitative estimate of drug-likeness (QED) is 0.0169. The van der Waals surface area contributed by atoms with E-state index in [2.05, 4.69) is 52.0 Å². The zero-order chi connectivity index (χ0) is 71.8. The van der Waals surface area contributed by atoms with Crippen LogP contribution in [0.3, 0.4) is 0 Å². The molecule has 3 N–H and O–H groups in total. The average molecular weight is 1430 g/mol. The van der Waals surface area contributed by atoms with Gasteiger partial charge >= 0.3 is 39.5 Å². The molecule has 98 heavy (non-hydrogen) atoms. The Balaban J connectivity index is 5.24. The summed E-state index contributed by atoms with van der Waals surface area (Å²) in [5, 5.41) is 10.6. The van der Waals surface area contributed by atoms with Crippen LogP contribution in [0.5, 0.6) is 0 Å². The maximum absolute atomic E-state index is 13.1. The van der Waals surface area contributed by atoms with Gasteiger partial charge in [-0.2, -0.15) is 0 Å². The molecule has 578 valence electrons. The molecule has 0 amide bonds. The van der Waals surface area contributed by atoms with Crippen molar-refractivity contribution in [2.45, 2.75) is 418 Å². The first-order valence-corrected chi connectivity index (χ1v) is 43.6. The first-order chi connectivity index (χ1) is 47.7. The number of hydrogen-bond acceptors (Lipinski definition) is 15. The number of hydrogen-bond donors (Lipinski definition) is 3. The van der Waals surface area contributed by atoms with Crippen molar-refractivity contribution in [1.29, 1.82) is 0 Å². The van der Waals surface area contributed by atoms with Gasteiger partial charge in [-0.25, -0.2) is 9.13 Å². The van der Waals surface area contributed by atoms with Crippen molar-refractivity contribution in [3.8, 4) is 0 Å². The molecule has 0 aliphatic heterocycles. The second-order valence-corrected chi connectivity index (χ2v) is 30.7. The summed E-state index contributed by atoms with van der Waals surface area (Å²) in [6, 6.07) is 0. The van der Waals surface area contributed by atoms with E-state index in [0.29, 0.717) is 25.7 Å². The molecule has 5 atom stereocenters. The number of rotatable bonds is 78. The highest BCUT2D eigenvalue weighted by atomic mass is 31.2. The molecule has 17 nitrogen and oxygen atoms in total. The van der Waals surface area contributed by atoms with Gasteiger partial charge in [0.15, 0.2) is 12.2 Å². The minimum absolute atomic E-state index is 0.0854. The summed E-state index contributed by atoms with van der Waals surface area (Å²) in [6.45, 7) is 4.92. The van der Waals surface area contributed by atoms with Gasteiger partial charge in [0, 0.05) is 25.7 Å². The number of carbonyl (C=O) groups is 4. The number of esters is 4. The Bertz CT molecular complexity index is 1950. The number of aliphatic hydroxyl groups is 1. The molecule has 0 aliphatic rings. The Kier molecular flexibility index (Phi) is 71.0. The maximum Gasteiger partial charge on any atom is 0.472 e. The van der Waals surface area contributed by atoms with Gasteiger partial charge in [0.2, 0.25) is 0 Å². The molecule has 0 radical (unpaired) electrons. The number of aliphatic hydroxyl groups excluding tert-OH is 1. The monoisotopic (exact) mass is 1430 g/mol. The average Bonchev–Trinajstić information content (AvgIpc) is 1.01. The summed E-state index contributed by atoms with van der Waals surface area (Å²) in [5.41, 5.74) is 0. The van der Waals surface area contributed by atoms with E-state index in [4.69, 9.17) is 37.0 Å². The molecule has 0 spiro atoms. The van der Waals surface area contributed by atoms with Crippen LogP contribution in [-0.4, -0.2) is 96.7 Å². The number of phosphoric acid groups is 2. The van der Waals surface area contributed by atoms with Crippen molar-refractivity contribution >= 4 is 39.5 Å². The maximum atomic E-state index is 13.1. The summed E-state index contributed by atoms with van der Waals surface area (Å²) in [6.07, 6.45) is 67.4. The van der Waals surface area contributed by atoms with Gasteiger partial charge in [-0.15, -0.1) is 0 Å². The summed E-state index contributed by atoms with van der Waals surface area (Å²) < 4.78 is 68.5. The van der Waals surface area contributed by atoms with Crippen molar-refractivity contribution in [3.63, 3.8) is 0 Å². The standard InChI is InChI=1S/C79H150O17P2/c1-5-9-13-17-21-25-28-31-34-36-38-41-44-47-50-54-58-62-66-79(84)96-75(70-90-77(82)64-60-56-52-48-45-42-40-37-35-32-29-26-22-18-14-10-6-2)72-94-98(87,88)92-68-73(80)67-91-97(85,86)93-71-74(69-89-76(81)63-59-55-51-24-20-16-12-8-4)95-78(83)65-61-57-53-49-46-43-39-33-30-27-23-19-15-11-7-3/h27,30,33,39,73-75,80H,5-26,28-29,31-32,34-38,40-72H2,1-4H3,(H,85,86)(H,87,88)/b30-27-,39-33-/t73-,74+,75+/m0/s1. The van der Waals surface area contributed by atoms with Crippen molar-refractivity contribution < 1.29 is 80.2 Å². The highest BCUT2D eigenvalue weighted by Gasteiger charge is 2.30. The Morgan fingerprint density at radius 1 is 0.286 bits per heavy atom. The van der Waals surface area contributed by atoms with Gasteiger partial charge in [-0.1, -0.05) is 347 Å². The van der Waals surface area contributed by atoms with Crippen LogP contribution in [0.4, 0.5) is 0 Å². The highest BCUT2D eigenvalue weighted by Crippen LogP contribution is 2.45. The van der Waals surface area contributed by atoms with Gasteiger partial charge in [0.25, 0.3) is 0 Å². The molecule has 0 bridgehead atoms. The summed E-state index contributed by atoms with van der Waals surface area (Å²) >= 11 is 0. The second kappa shape index (κ2) is 72.9. The SMILES string of the molecule is CCCCCC/C=C\C=C/CCCCCCCC(=O)O[C@H](COC(=O)CCCCCCCCCC)COP(=O)(O)OC[C@H](O)COP(=O)(O)OC[C@@H](COC(=O)CCCCCCCCCCCCCCCCCCC)OC(=O)CCCCCCCCCCCCCCCCCCCC. The third kappa shape index (κ3) is 71.9. The van der Waals surface area contributed by atoms with Gasteiger partial charge in [0.1, 0.15) is 19.3 Å². The molecule has 0 aliphatic carbocycles.